The SMILES string of the molecule is COCc1ccc(S(=O)CCC(C)(C)C#N)cc1. The van der Waals surface area contributed by atoms with Crippen LogP contribution in [-0.2, 0) is 22.1 Å². The molecule has 0 amide bonds. The summed E-state index contributed by atoms with van der Waals surface area (Å²) in [5.74, 6) is 0.518. The lowest BCUT2D eigenvalue weighted by atomic mass is 9.93. The van der Waals surface area contributed by atoms with Crippen molar-refractivity contribution < 1.29 is 8.95 Å². The van der Waals surface area contributed by atoms with E-state index in [0.29, 0.717) is 18.8 Å². The van der Waals surface area contributed by atoms with E-state index < -0.39 is 16.2 Å². The van der Waals surface area contributed by atoms with Gasteiger partial charge in [-0.1, -0.05) is 12.1 Å². The fourth-order valence-electron chi connectivity index (χ4n) is 1.43. The van der Waals surface area contributed by atoms with Crippen molar-refractivity contribution in [2.75, 3.05) is 12.9 Å². The molecule has 0 radical (unpaired) electrons. The van der Waals surface area contributed by atoms with Crippen LogP contribution in [0, 0.1) is 16.7 Å². The summed E-state index contributed by atoms with van der Waals surface area (Å²) in [6.45, 7) is 4.30. The molecule has 0 aliphatic heterocycles. The van der Waals surface area contributed by atoms with Gasteiger partial charge in [-0.05, 0) is 38.0 Å². The highest BCUT2D eigenvalue weighted by Gasteiger charge is 2.18. The number of nitrogens with zero attached hydrogens (tertiary/aromatic N) is 1. The highest BCUT2D eigenvalue weighted by Crippen LogP contribution is 2.20. The molecule has 1 unspecified atom stereocenters. The topological polar surface area (TPSA) is 50.1 Å². The van der Waals surface area contributed by atoms with E-state index in [2.05, 4.69) is 6.07 Å². The van der Waals surface area contributed by atoms with Crippen LogP contribution in [0.5, 0.6) is 0 Å². The van der Waals surface area contributed by atoms with Crippen LogP contribution >= 0.6 is 0 Å². The van der Waals surface area contributed by atoms with Gasteiger partial charge in [0.25, 0.3) is 0 Å². The van der Waals surface area contributed by atoms with Gasteiger partial charge in [0.05, 0.1) is 28.9 Å². The van der Waals surface area contributed by atoms with E-state index in [4.69, 9.17) is 10.00 Å². The van der Waals surface area contributed by atoms with Crippen molar-refractivity contribution in [3.05, 3.63) is 29.8 Å². The molecule has 0 aliphatic rings. The summed E-state index contributed by atoms with van der Waals surface area (Å²) in [6, 6.07) is 9.80. The maximum absolute atomic E-state index is 12.0. The monoisotopic (exact) mass is 265 g/mol. The molecule has 3 nitrogen and oxygen atoms in total. The summed E-state index contributed by atoms with van der Waals surface area (Å²) in [6.07, 6.45) is 0.635. The molecule has 1 rings (SSSR count). The van der Waals surface area contributed by atoms with Crippen LogP contribution in [-0.4, -0.2) is 17.1 Å². The van der Waals surface area contributed by atoms with Gasteiger partial charge in [0.1, 0.15) is 0 Å². The minimum absolute atomic E-state index is 0.411. The standard InChI is InChI=1S/C14H19NO2S/c1-14(2,11-15)8-9-18(16)13-6-4-12(5-7-13)10-17-3/h4-7H,8-10H2,1-3H3. The summed E-state index contributed by atoms with van der Waals surface area (Å²) < 4.78 is 17.1. The molecule has 18 heavy (non-hydrogen) atoms. The van der Waals surface area contributed by atoms with Gasteiger partial charge in [0.15, 0.2) is 0 Å². The average molecular weight is 265 g/mol. The van der Waals surface area contributed by atoms with E-state index in [0.717, 1.165) is 10.5 Å². The molecule has 0 bridgehead atoms. The predicted molar refractivity (Wildman–Crippen MR) is 72.4 cm³/mol. The quantitative estimate of drug-likeness (QED) is 0.794. The third-order valence-electron chi connectivity index (χ3n) is 2.71. The van der Waals surface area contributed by atoms with Crippen molar-refractivity contribution in [2.24, 2.45) is 5.41 Å². The Kier molecular flexibility index (Phi) is 5.52. The molecule has 0 saturated heterocycles. The molecule has 1 aromatic carbocycles. The number of ether oxygens (including phenoxy) is 1. The highest BCUT2D eigenvalue weighted by atomic mass is 32.2. The van der Waals surface area contributed by atoms with Gasteiger partial charge in [-0.25, -0.2) is 0 Å². The first-order valence-corrected chi connectivity index (χ1v) is 7.18. The number of methoxy groups -OCH3 is 1. The highest BCUT2D eigenvalue weighted by molar-refractivity contribution is 7.85. The molecular formula is C14H19NO2S. The normalized spacial score (nSPS) is 13.0. The van der Waals surface area contributed by atoms with E-state index >= 15 is 0 Å². The van der Waals surface area contributed by atoms with Crippen LogP contribution < -0.4 is 0 Å². The molecule has 4 heteroatoms. The smallest absolute Gasteiger partial charge is 0.0713 e. The molecule has 1 aromatic rings. The van der Waals surface area contributed by atoms with Gasteiger partial charge in [-0.3, -0.25) is 4.21 Å². The van der Waals surface area contributed by atoms with Crippen molar-refractivity contribution in [3.63, 3.8) is 0 Å². The minimum atomic E-state index is -1.04. The first kappa shape index (κ1) is 14.9. The van der Waals surface area contributed by atoms with Gasteiger partial charge < -0.3 is 4.74 Å². The maximum Gasteiger partial charge on any atom is 0.0713 e. The molecule has 0 N–H and O–H groups in total. The zero-order valence-corrected chi connectivity index (χ0v) is 11.9. The van der Waals surface area contributed by atoms with Gasteiger partial charge >= 0.3 is 0 Å². The van der Waals surface area contributed by atoms with Gasteiger partial charge in [-0.15, -0.1) is 0 Å². The van der Waals surface area contributed by atoms with Crippen molar-refractivity contribution >= 4 is 10.8 Å². The van der Waals surface area contributed by atoms with Gasteiger partial charge in [0.2, 0.25) is 0 Å². The van der Waals surface area contributed by atoms with Gasteiger partial charge in [0, 0.05) is 17.8 Å². The Morgan fingerprint density at radius 1 is 1.33 bits per heavy atom. The minimum Gasteiger partial charge on any atom is -0.380 e. The van der Waals surface area contributed by atoms with Crippen molar-refractivity contribution in [1.82, 2.24) is 0 Å². The lowest BCUT2D eigenvalue weighted by Crippen LogP contribution is -2.12. The third kappa shape index (κ3) is 4.59. The van der Waals surface area contributed by atoms with Crippen LogP contribution in [0.15, 0.2) is 29.2 Å². The van der Waals surface area contributed by atoms with Crippen LogP contribution in [0.1, 0.15) is 25.8 Å². The van der Waals surface area contributed by atoms with Crippen LogP contribution in [0.3, 0.4) is 0 Å². The molecular weight excluding hydrogens is 246 g/mol. The number of nitriles is 1. The predicted octanol–water partition coefficient (Wildman–Crippen LogP) is 2.88. The van der Waals surface area contributed by atoms with E-state index in [1.165, 1.54) is 0 Å². The summed E-state index contributed by atoms with van der Waals surface area (Å²) in [4.78, 5) is 0.809. The van der Waals surface area contributed by atoms with Crippen molar-refractivity contribution in [2.45, 2.75) is 31.8 Å². The number of benzene rings is 1. The Balaban J connectivity index is 2.60. The molecule has 0 aromatic heterocycles. The third-order valence-corrected chi connectivity index (χ3v) is 4.09. The fraction of sp³-hybridized carbons (Fsp3) is 0.500. The molecule has 1 atom stereocenters. The fourth-order valence-corrected chi connectivity index (χ4v) is 2.80. The second kappa shape index (κ2) is 6.67. The van der Waals surface area contributed by atoms with Crippen molar-refractivity contribution in [1.29, 1.82) is 5.26 Å². The summed E-state index contributed by atoms with van der Waals surface area (Å²) in [5.41, 5.74) is 0.654. The molecule has 0 aliphatic carbocycles. The molecule has 0 saturated carbocycles. The molecule has 0 fully saturated rings. The van der Waals surface area contributed by atoms with E-state index in [1.54, 1.807) is 7.11 Å². The Labute approximate surface area is 111 Å². The van der Waals surface area contributed by atoms with E-state index in [1.807, 2.05) is 38.1 Å². The zero-order valence-electron chi connectivity index (χ0n) is 11.1. The second-order valence-electron chi connectivity index (χ2n) is 4.87. The van der Waals surface area contributed by atoms with Gasteiger partial charge in [-0.2, -0.15) is 5.26 Å². The average Bonchev–Trinajstić information content (AvgIpc) is 2.37. The van der Waals surface area contributed by atoms with E-state index in [-0.39, 0.29) is 0 Å². The lowest BCUT2D eigenvalue weighted by Gasteiger charge is -2.14. The molecule has 0 spiro atoms. The number of hydrogen-bond donors (Lipinski definition) is 0. The first-order chi connectivity index (χ1) is 8.48. The lowest BCUT2D eigenvalue weighted by molar-refractivity contribution is 0.185. The number of hydrogen-bond acceptors (Lipinski definition) is 3. The summed E-state index contributed by atoms with van der Waals surface area (Å²) in [7, 11) is 0.613. The van der Waals surface area contributed by atoms with Crippen molar-refractivity contribution in [3.8, 4) is 6.07 Å². The maximum atomic E-state index is 12.0. The summed E-state index contributed by atoms with van der Waals surface area (Å²) >= 11 is 0. The molecule has 98 valence electrons. The Morgan fingerprint density at radius 3 is 2.44 bits per heavy atom. The largest absolute Gasteiger partial charge is 0.380 e. The van der Waals surface area contributed by atoms with Crippen LogP contribution in [0.25, 0.3) is 0 Å². The molecule has 0 heterocycles. The number of rotatable bonds is 6. The van der Waals surface area contributed by atoms with E-state index in [9.17, 15) is 4.21 Å². The Bertz CT molecular complexity index is 446. The Morgan fingerprint density at radius 2 is 1.94 bits per heavy atom. The van der Waals surface area contributed by atoms with Crippen LogP contribution in [0.2, 0.25) is 0 Å². The Hall–Kier alpha value is -1.18. The zero-order chi connectivity index (χ0) is 13.6. The first-order valence-electron chi connectivity index (χ1n) is 5.86. The summed E-state index contributed by atoms with van der Waals surface area (Å²) in [5, 5.41) is 8.91. The van der Waals surface area contributed by atoms with Crippen LogP contribution in [0.4, 0.5) is 0 Å². The second-order valence-corrected chi connectivity index (χ2v) is 6.44.